The molecule has 2 aliphatic carbocycles. The Labute approximate surface area is 212 Å². The minimum absolute atomic E-state index is 0.0817. The van der Waals surface area contributed by atoms with E-state index in [4.69, 9.17) is 4.74 Å². The molecule has 0 amide bonds. The smallest absolute Gasteiger partial charge is 0.200 e. The first-order valence-corrected chi connectivity index (χ1v) is 13.7. The van der Waals surface area contributed by atoms with Crippen molar-refractivity contribution in [2.75, 3.05) is 6.61 Å². The van der Waals surface area contributed by atoms with Gasteiger partial charge in [0.15, 0.2) is 23.2 Å². The first-order valence-electron chi connectivity index (χ1n) is 13.7. The van der Waals surface area contributed by atoms with Crippen LogP contribution in [-0.4, -0.2) is 6.61 Å². The van der Waals surface area contributed by atoms with Gasteiger partial charge in [0.2, 0.25) is 5.82 Å². The van der Waals surface area contributed by atoms with Crippen molar-refractivity contribution in [3.05, 3.63) is 70.3 Å². The van der Waals surface area contributed by atoms with E-state index < -0.39 is 23.3 Å². The molecule has 36 heavy (non-hydrogen) atoms. The predicted octanol–water partition coefficient (Wildman–Crippen LogP) is 9.85. The second kappa shape index (κ2) is 12.3. The van der Waals surface area contributed by atoms with Crippen molar-refractivity contribution in [2.45, 2.75) is 96.3 Å². The first kappa shape index (κ1) is 26.8. The van der Waals surface area contributed by atoms with Crippen LogP contribution in [0.2, 0.25) is 0 Å². The maximum absolute atomic E-state index is 15.2. The van der Waals surface area contributed by atoms with Gasteiger partial charge in [0.25, 0.3) is 0 Å². The topological polar surface area (TPSA) is 9.23 Å². The van der Waals surface area contributed by atoms with Crippen molar-refractivity contribution in [1.29, 1.82) is 0 Å². The van der Waals surface area contributed by atoms with Gasteiger partial charge in [-0.15, -0.1) is 0 Å². The molecule has 2 aromatic carbocycles. The van der Waals surface area contributed by atoms with E-state index in [9.17, 15) is 8.78 Å². The van der Waals surface area contributed by atoms with Crippen LogP contribution in [0.3, 0.4) is 0 Å². The van der Waals surface area contributed by atoms with Crippen molar-refractivity contribution in [3.63, 3.8) is 0 Å². The zero-order chi connectivity index (χ0) is 25.7. The molecular weight excluding hydrogens is 464 g/mol. The highest BCUT2D eigenvalue weighted by molar-refractivity contribution is 5.67. The van der Waals surface area contributed by atoms with Crippen molar-refractivity contribution >= 4 is 5.57 Å². The average molecular weight is 503 g/mol. The third-order valence-electron chi connectivity index (χ3n) is 8.19. The van der Waals surface area contributed by atoms with E-state index in [0.29, 0.717) is 41.9 Å². The van der Waals surface area contributed by atoms with Gasteiger partial charge in [0.05, 0.1) is 6.61 Å². The van der Waals surface area contributed by atoms with E-state index in [2.05, 4.69) is 6.92 Å². The van der Waals surface area contributed by atoms with Gasteiger partial charge in [-0.05, 0) is 92.4 Å². The Morgan fingerprint density at radius 2 is 1.44 bits per heavy atom. The summed E-state index contributed by atoms with van der Waals surface area (Å²) in [5.41, 5.74) is 1.84. The van der Waals surface area contributed by atoms with Gasteiger partial charge in [0, 0.05) is 5.56 Å². The second-order valence-electron chi connectivity index (χ2n) is 10.5. The van der Waals surface area contributed by atoms with E-state index >= 15 is 8.78 Å². The lowest BCUT2D eigenvalue weighted by Crippen LogP contribution is -2.15. The van der Waals surface area contributed by atoms with E-state index in [1.807, 2.05) is 6.08 Å². The lowest BCUT2D eigenvalue weighted by molar-refractivity contribution is 0.298. The minimum atomic E-state index is -0.970. The van der Waals surface area contributed by atoms with Crippen molar-refractivity contribution < 1.29 is 22.3 Å². The van der Waals surface area contributed by atoms with Gasteiger partial charge >= 0.3 is 0 Å². The molecule has 1 nitrogen and oxygen atoms in total. The van der Waals surface area contributed by atoms with Crippen LogP contribution in [-0.2, 0) is 0 Å². The summed E-state index contributed by atoms with van der Waals surface area (Å²) in [5, 5.41) is 0. The Morgan fingerprint density at radius 3 is 2.11 bits per heavy atom. The van der Waals surface area contributed by atoms with E-state index in [-0.39, 0.29) is 24.2 Å². The molecule has 5 heteroatoms. The molecule has 1 unspecified atom stereocenters. The first-order chi connectivity index (χ1) is 17.4. The van der Waals surface area contributed by atoms with Crippen LogP contribution in [0, 0.1) is 29.2 Å². The fraction of sp³-hybridized carbons (Fsp3) is 0.548. The molecule has 0 saturated heterocycles. The molecule has 0 radical (unpaired) electrons. The summed E-state index contributed by atoms with van der Waals surface area (Å²) in [6.07, 6.45) is 12.3. The number of unbranched alkanes of at least 4 members (excludes halogenated alkanes) is 2. The summed E-state index contributed by atoms with van der Waals surface area (Å²) < 4.78 is 64.5. The quantitative estimate of drug-likeness (QED) is 0.245. The molecule has 1 fully saturated rings. The largest absolute Gasteiger partial charge is 0.491 e. The third-order valence-corrected chi connectivity index (χ3v) is 8.19. The normalized spacial score (nSPS) is 22.4. The van der Waals surface area contributed by atoms with Crippen LogP contribution in [0.15, 0.2) is 30.3 Å². The summed E-state index contributed by atoms with van der Waals surface area (Å²) in [4.78, 5) is 0. The molecule has 2 aromatic rings. The summed E-state index contributed by atoms with van der Waals surface area (Å²) in [5.74, 6) is -2.85. The molecule has 0 N–H and O–H groups in total. The molecule has 0 heterocycles. The molecule has 0 aromatic heterocycles. The highest BCUT2D eigenvalue weighted by Gasteiger charge is 2.28. The Bertz CT molecular complexity index is 1070. The number of allylic oxidation sites excluding steroid dienone is 2. The Morgan fingerprint density at radius 1 is 0.750 bits per heavy atom. The minimum Gasteiger partial charge on any atom is -0.491 e. The number of halogens is 4. The maximum Gasteiger partial charge on any atom is 0.200 e. The standard InChI is InChI=1S/C31H38F4O/c1-3-5-6-7-20-8-10-21(11-9-20)24-16-17-25(29(33)28(24)32)22-12-14-23(15-13-22)26-18-19-27(36-4-2)31(35)30(26)34/h12,16-21,23H,3-11,13-15H2,1-2H3. The van der Waals surface area contributed by atoms with Gasteiger partial charge in [-0.2, -0.15) is 4.39 Å². The van der Waals surface area contributed by atoms with Crippen LogP contribution in [0.25, 0.3) is 5.57 Å². The van der Waals surface area contributed by atoms with E-state index in [0.717, 1.165) is 31.3 Å². The molecule has 0 spiro atoms. The van der Waals surface area contributed by atoms with Crippen LogP contribution >= 0.6 is 0 Å². The summed E-state index contributed by atoms with van der Waals surface area (Å²) in [6, 6.07) is 6.51. The van der Waals surface area contributed by atoms with Gasteiger partial charge in [-0.3, -0.25) is 0 Å². The summed E-state index contributed by atoms with van der Waals surface area (Å²) >= 11 is 0. The fourth-order valence-corrected chi connectivity index (χ4v) is 6.06. The lowest BCUT2D eigenvalue weighted by Gasteiger charge is -2.29. The van der Waals surface area contributed by atoms with Crippen molar-refractivity contribution in [1.82, 2.24) is 0 Å². The second-order valence-corrected chi connectivity index (χ2v) is 10.5. The van der Waals surface area contributed by atoms with Crippen LogP contribution in [0.1, 0.15) is 113 Å². The Hall–Kier alpha value is -2.30. The fourth-order valence-electron chi connectivity index (χ4n) is 6.06. The number of hydrogen-bond acceptors (Lipinski definition) is 1. The zero-order valence-corrected chi connectivity index (χ0v) is 21.5. The van der Waals surface area contributed by atoms with E-state index in [1.165, 1.54) is 31.7 Å². The maximum atomic E-state index is 15.2. The monoisotopic (exact) mass is 502 g/mol. The number of hydrogen-bond donors (Lipinski definition) is 0. The molecule has 196 valence electrons. The van der Waals surface area contributed by atoms with Crippen LogP contribution in [0.5, 0.6) is 5.75 Å². The van der Waals surface area contributed by atoms with E-state index in [1.54, 1.807) is 25.1 Å². The third kappa shape index (κ3) is 5.81. The van der Waals surface area contributed by atoms with Gasteiger partial charge in [0.1, 0.15) is 0 Å². The number of rotatable bonds is 9. The van der Waals surface area contributed by atoms with Crippen LogP contribution in [0.4, 0.5) is 17.6 Å². The summed E-state index contributed by atoms with van der Waals surface area (Å²) in [7, 11) is 0. The average Bonchev–Trinajstić information content (AvgIpc) is 2.90. The Kier molecular flexibility index (Phi) is 9.14. The SMILES string of the molecule is CCCCCC1CCC(c2ccc(C3=CCC(c4ccc(OCC)c(F)c4F)CC3)c(F)c2F)CC1. The number of ether oxygens (including phenoxy) is 1. The van der Waals surface area contributed by atoms with Crippen molar-refractivity contribution in [2.24, 2.45) is 5.92 Å². The molecule has 4 rings (SSSR count). The van der Waals surface area contributed by atoms with Crippen molar-refractivity contribution in [3.8, 4) is 5.75 Å². The molecule has 1 saturated carbocycles. The van der Waals surface area contributed by atoms with Gasteiger partial charge < -0.3 is 4.74 Å². The molecule has 1 atom stereocenters. The molecular formula is C31H38F4O. The van der Waals surface area contributed by atoms with Crippen LogP contribution < -0.4 is 4.74 Å². The van der Waals surface area contributed by atoms with Gasteiger partial charge in [-0.25, -0.2) is 13.2 Å². The highest BCUT2D eigenvalue weighted by Crippen LogP contribution is 2.42. The lowest BCUT2D eigenvalue weighted by atomic mass is 9.76. The number of benzene rings is 2. The molecule has 0 aliphatic heterocycles. The highest BCUT2D eigenvalue weighted by atomic mass is 19.2. The molecule has 2 aliphatic rings. The van der Waals surface area contributed by atoms with Gasteiger partial charge in [-0.1, -0.05) is 56.9 Å². The molecule has 0 bridgehead atoms. The zero-order valence-electron chi connectivity index (χ0n) is 21.5. The Balaban J connectivity index is 1.43. The predicted molar refractivity (Wildman–Crippen MR) is 137 cm³/mol. The summed E-state index contributed by atoms with van der Waals surface area (Å²) in [6.45, 7) is 4.18.